The maximum Gasteiger partial charge on any atom is 0.409 e. The third-order valence-electron chi connectivity index (χ3n) is 3.81. The van der Waals surface area contributed by atoms with E-state index in [0.717, 1.165) is 5.76 Å². The summed E-state index contributed by atoms with van der Waals surface area (Å²) in [4.78, 5) is 27.3. The molecule has 0 unspecified atom stereocenters. The van der Waals surface area contributed by atoms with E-state index in [0.29, 0.717) is 31.5 Å². The minimum Gasteiger partial charge on any atom is -0.468 e. The van der Waals surface area contributed by atoms with Crippen molar-refractivity contribution in [3.8, 4) is 0 Å². The summed E-state index contributed by atoms with van der Waals surface area (Å²) in [6.45, 7) is 5.19. The SMILES string of the molecule is CC(C)c1occc1C(=O)N1CCC(OC(=O)N(C)C)CC1. The van der Waals surface area contributed by atoms with Crippen molar-refractivity contribution < 1.29 is 18.7 Å². The van der Waals surface area contributed by atoms with Crippen LogP contribution in [0, 0.1) is 0 Å². The molecule has 1 aromatic rings. The first kappa shape index (κ1) is 16.4. The lowest BCUT2D eigenvalue weighted by Crippen LogP contribution is -2.42. The highest BCUT2D eigenvalue weighted by molar-refractivity contribution is 5.95. The molecule has 0 radical (unpaired) electrons. The number of ether oxygens (including phenoxy) is 1. The second kappa shape index (κ2) is 6.85. The van der Waals surface area contributed by atoms with Gasteiger partial charge in [0, 0.05) is 45.9 Å². The Morgan fingerprint density at radius 2 is 1.95 bits per heavy atom. The van der Waals surface area contributed by atoms with Gasteiger partial charge in [0.15, 0.2) is 0 Å². The molecule has 1 aliphatic heterocycles. The third-order valence-corrected chi connectivity index (χ3v) is 3.81. The first-order valence-corrected chi connectivity index (χ1v) is 7.64. The van der Waals surface area contributed by atoms with Gasteiger partial charge in [-0.1, -0.05) is 13.8 Å². The van der Waals surface area contributed by atoms with Gasteiger partial charge in [-0.15, -0.1) is 0 Å². The van der Waals surface area contributed by atoms with Crippen LogP contribution in [0.1, 0.15) is 48.7 Å². The molecule has 122 valence electrons. The van der Waals surface area contributed by atoms with Crippen LogP contribution in [0.25, 0.3) is 0 Å². The van der Waals surface area contributed by atoms with Gasteiger partial charge in [0.1, 0.15) is 11.9 Å². The fourth-order valence-electron chi connectivity index (χ4n) is 2.54. The van der Waals surface area contributed by atoms with Crippen molar-refractivity contribution in [2.45, 2.75) is 38.7 Å². The summed E-state index contributed by atoms with van der Waals surface area (Å²) >= 11 is 0. The summed E-state index contributed by atoms with van der Waals surface area (Å²) in [7, 11) is 3.32. The number of hydrogen-bond donors (Lipinski definition) is 0. The number of furan rings is 1. The van der Waals surface area contributed by atoms with Crippen LogP contribution < -0.4 is 0 Å². The van der Waals surface area contributed by atoms with Crippen LogP contribution >= 0.6 is 0 Å². The minimum absolute atomic E-state index is 0.00478. The van der Waals surface area contributed by atoms with Crippen molar-refractivity contribution in [2.24, 2.45) is 0 Å². The fraction of sp³-hybridized carbons (Fsp3) is 0.625. The second-order valence-corrected chi connectivity index (χ2v) is 6.12. The number of amides is 2. The van der Waals surface area contributed by atoms with E-state index in [4.69, 9.17) is 9.15 Å². The highest BCUT2D eigenvalue weighted by Gasteiger charge is 2.28. The smallest absolute Gasteiger partial charge is 0.409 e. The molecule has 0 N–H and O–H groups in total. The number of likely N-dealkylation sites (tertiary alicyclic amines) is 1. The normalized spacial score (nSPS) is 16.0. The average Bonchev–Trinajstić information content (AvgIpc) is 2.96. The molecule has 2 rings (SSSR count). The largest absolute Gasteiger partial charge is 0.468 e. The molecule has 1 aliphatic rings. The van der Waals surface area contributed by atoms with E-state index in [-0.39, 0.29) is 24.0 Å². The Morgan fingerprint density at radius 3 is 2.50 bits per heavy atom. The number of rotatable bonds is 3. The fourth-order valence-corrected chi connectivity index (χ4v) is 2.54. The van der Waals surface area contributed by atoms with Gasteiger partial charge in [-0.25, -0.2) is 4.79 Å². The number of carbonyl (C=O) groups is 2. The molecular weight excluding hydrogens is 284 g/mol. The van der Waals surface area contributed by atoms with Gasteiger partial charge >= 0.3 is 6.09 Å². The Morgan fingerprint density at radius 1 is 1.32 bits per heavy atom. The van der Waals surface area contributed by atoms with E-state index in [1.807, 2.05) is 13.8 Å². The average molecular weight is 308 g/mol. The molecular formula is C16H24N2O4. The zero-order chi connectivity index (χ0) is 16.3. The second-order valence-electron chi connectivity index (χ2n) is 6.12. The van der Waals surface area contributed by atoms with Crippen molar-refractivity contribution in [2.75, 3.05) is 27.2 Å². The van der Waals surface area contributed by atoms with Crippen LogP contribution in [0.5, 0.6) is 0 Å². The highest BCUT2D eigenvalue weighted by atomic mass is 16.6. The minimum atomic E-state index is -0.332. The molecule has 0 aromatic carbocycles. The molecule has 22 heavy (non-hydrogen) atoms. The maximum absolute atomic E-state index is 12.6. The first-order chi connectivity index (χ1) is 10.4. The predicted molar refractivity (Wildman–Crippen MR) is 81.9 cm³/mol. The predicted octanol–water partition coefficient (Wildman–Crippen LogP) is 2.71. The van der Waals surface area contributed by atoms with Crippen molar-refractivity contribution in [3.05, 3.63) is 23.7 Å². The van der Waals surface area contributed by atoms with Gasteiger partial charge in [0.05, 0.1) is 11.8 Å². The third kappa shape index (κ3) is 3.61. The molecule has 0 spiro atoms. The Bertz CT molecular complexity index is 528. The molecule has 6 heteroatoms. The molecule has 2 amide bonds. The van der Waals surface area contributed by atoms with E-state index in [2.05, 4.69) is 0 Å². The first-order valence-electron chi connectivity index (χ1n) is 7.64. The van der Waals surface area contributed by atoms with Gasteiger partial charge in [-0.2, -0.15) is 0 Å². The van der Waals surface area contributed by atoms with Crippen LogP contribution in [0.2, 0.25) is 0 Å². The van der Waals surface area contributed by atoms with Gasteiger partial charge in [-0.3, -0.25) is 4.79 Å². The zero-order valence-electron chi connectivity index (χ0n) is 13.7. The molecule has 0 saturated carbocycles. The van der Waals surface area contributed by atoms with Crippen LogP contribution in [0.15, 0.2) is 16.7 Å². The summed E-state index contributed by atoms with van der Waals surface area (Å²) in [6.07, 6.45) is 2.45. The van der Waals surface area contributed by atoms with Gasteiger partial charge < -0.3 is 19.0 Å². The highest BCUT2D eigenvalue weighted by Crippen LogP contribution is 2.24. The van der Waals surface area contributed by atoms with Crippen LogP contribution in [0.3, 0.4) is 0 Å². The summed E-state index contributed by atoms with van der Waals surface area (Å²) in [6, 6.07) is 1.73. The Hall–Kier alpha value is -1.98. The molecule has 0 atom stereocenters. The number of piperidine rings is 1. The van der Waals surface area contributed by atoms with Gasteiger partial charge in [-0.05, 0) is 6.07 Å². The van der Waals surface area contributed by atoms with Crippen LogP contribution in [-0.4, -0.2) is 55.1 Å². The number of hydrogen-bond acceptors (Lipinski definition) is 4. The Labute approximate surface area is 131 Å². The molecule has 1 fully saturated rings. The Balaban J connectivity index is 1.92. The van der Waals surface area contributed by atoms with Gasteiger partial charge in [0.25, 0.3) is 5.91 Å². The lowest BCUT2D eigenvalue weighted by Gasteiger charge is -2.32. The Kier molecular flexibility index (Phi) is 5.11. The van der Waals surface area contributed by atoms with Crippen molar-refractivity contribution in [1.82, 2.24) is 9.80 Å². The lowest BCUT2D eigenvalue weighted by molar-refractivity contribution is 0.0326. The molecule has 0 bridgehead atoms. The molecule has 0 aliphatic carbocycles. The number of nitrogens with zero attached hydrogens (tertiary/aromatic N) is 2. The molecule has 1 aromatic heterocycles. The molecule has 6 nitrogen and oxygen atoms in total. The zero-order valence-corrected chi connectivity index (χ0v) is 13.7. The van der Waals surface area contributed by atoms with Gasteiger partial charge in [0.2, 0.25) is 0 Å². The summed E-state index contributed by atoms with van der Waals surface area (Å²) in [5.74, 6) is 0.897. The summed E-state index contributed by atoms with van der Waals surface area (Å²) in [5, 5.41) is 0. The monoisotopic (exact) mass is 308 g/mol. The maximum atomic E-state index is 12.6. The molecule has 2 heterocycles. The van der Waals surface area contributed by atoms with Crippen molar-refractivity contribution >= 4 is 12.0 Å². The van der Waals surface area contributed by atoms with E-state index >= 15 is 0 Å². The lowest BCUT2D eigenvalue weighted by atomic mass is 10.0. The van der Waals surface area contributed by atoms with E-state index in [9.17, 15) is 9.59 Å². The summed E-state index contributed by atoms with van der Waals surface area (Å²) in [5.41, 5.74) is 0.638. The van der Waals surface area contributed by atoms with E-state index in [1.54, 1.807) is 31.3 Å². The molecule has 1 saturated heterocycles. The topological polar surface area (TPSA) is 63.0 Å². The van der Waals surface area contributed by atoms with Crippen LogP contribution in [0.4, 0.5) is 4.79 Å². The van der Waals surface area contributed by atoms with E-state index in [1.165, 1.54) is 4.90 Å². The van der Waals surface area contributed by atoms with Crippen molar-refractivity contribution in [3.63, 3.8) is 0 Å². The standard InChI is InChI=1S/C16H24N2O4/c1-11(2)14-13(7-10-21-14)15(19)18-8-5-12(6-9-18)22-16(20)17(3)4/h7,10-12H,5-6,8-9H2,1-4H3. The number of carbonyl (C=O) groups excluding carboxylic acids is 2. The quantitative estimate of drug-likeness (QED) is 0.861. The van der Waals surface area contributed by atoms with Crippen molar-refractivity contribution in [1.29, 1.82) is 0 Å². The summed E-state index contributed by atoms with van der Waals surface area (Å²) < 4.78 is 10.8. The van der Waals surface area contributed by atoms with Crippen LogP contribution in [-0.2, 0) is 4.74 Å². The van der Waals surface area contributed by atoms with E-state index < -0.39 is 0 Å².